The number of aryl methyl sites for hydroxylation is 1. The second-order valence-electron chi connectivity index (χ2n) is 6.20. The lowest BCUT2D eigenvalue weighted by atomic mass is 10.1. The zero-order chi connectivity index (χ0) is 18.4. The lowest BCUT2D eigenvalue weighted by Crippen LogP contribution is -2.38. The minimum atomic E-state index is -0.371. The van der Waals surface area contributed by atoms with E-state index < -0.39 is 0 Å². The maximum absolute atomic E-state index is 12.7. The monoisotopic (exact) mass is 373 g/mol. The molecule has 3 heterocycles. The van der Waals surface area contributed by atoms with Crippen LogP contribution in [0.15, 0.2) is 17.8 Å². The number of nitrogens with one attached hydrogen (secondary N) is 1. The number of rotatable bonds is 6. The molecular weight excluding hydrogens is 350 g/mol. The molecule has 0 radical (unpaired) electrons. The van der Waals surface area contributed by atoms with Crippen molar-refractivity contribution >= 4 is 23.2 Å². The number of carbonyl (C=O) groups excluding carboxylic acids is 2. The molecule has 1 N–H and O–H groups in total. The number of likely N-dealkylation sites (tertiary alicyclic amines) is 1. The first kappa shape index (κ1) is 18.4. The van der Waals surface area contributed by atoms with Crippen LogP contribution in [0.1, 0.15) is 57.9 Å². The standard InChI is InChI=1S/C18H23N5O2S/c1-2-14-22-13(12-26-14)6-7-21-17(24)15-16(20-9-8-19-15)18(25)23-10-4-3-5-11-23/h8-9,12H,2-7,10-11H2,1H3,(H,21,24). The van der Waals surface area contributed by atoms with E-state index >= 15 is 0 Å². The van der Waals surface area contributed by atoms with Gasteiger partial charge in [-0.3, -0.25) is 9.59 Å². The van der Waals surface area contributed by atoms with Crippen molar-refractivity contribution in [2.75, 3.05) is 19.6 Å². The Bertz CT molecular complexity index is 770. The molecule has 1 saturated heterocycles. The van der Waals surface area contributed by atoms with Crippen molar-refractivity contribution in [1.82, 2.24) is 25.2 Å². The van der Waals surface area contributed by atoms with Crippen LogP contribution in [0.4, 0.5) is 0 Å². The average Bonchev–Trinajstić information content (AvgIpc) is 3.16. The van der Waals surface area contributed by atoms with Gasteiger partial charge in [0.05, 0.1) is 10.7 Å². The lowest BCUT2D eigenvalue weighted by Gasteiger charge is -2.26. The Hall–Kier alpha value is -2.35. The Kier molecular flexibility index (Phi) is 6.27. The molecule has 1 aliphatic heterocycles. The van der Waals surface area contributed by atoms with E-state index in [9.17, 15) is 9.59 Å². The zero-order valence-corrected chi connectivity index (χ0v) is 15.7. The SMILES string of the molecule is CCc1nc(CCNC(=O)c2nccnc2C(=O)N2CCCCC2)cs1. The molecule has 0 saturated carbocycles. The van der Waals surface area contributed by atoms with E-state index in [1.54, 1.807) is 16.2 Å². The summed E-state index contributed by atoms with van der Waals surface area (Å²) in [4.78, 5) is 39.7. The molecule has 138 valence electrons. The van der Waals surface area contributed by atoms with Crippen LogP contribution in [-0.2, 0) is 12.8 Å². The van der Waals surface area contributed by atoms with E-state index in [1.807, 2.05) is 5.38 Å². The van der Waals surface area contributed by atoms with Gasteiger partial charge in [0, 0.05) is 43.8 Å². The predicted octanol–water partition coefficient (Wildman–Crippen LogP) is 2.09. The number of nitrogens with zero attached hydrogens (tertiary/aromatic N) is 4. The summed E-state index contributed by atoms with van der Waals surface area (Å²) in [5, 5.41) is 5.93. The van der Waals surface area contributed by atoms with Gasteiger partial charge in [0.15, 0.2) is 11.4 Å². The molecule has 2 aromatic heterocycles. The molecule has 3 rings (SSSR count). The normalized spacial score (nSPS) is 14.3. The third-order valence-electron chi connectivity index (χ3n) is 4.33. The fourth-order valence-corrected chi connectivity index (χ4v) is 3.70. The van der Waals surface area contributed by atoms with Gasteiger partial charge in [0.25, 0.3) is 11.8 Å². The summed E-state index contributed by atoms with van der Waals surface area (Å²) >= 11 is 1.63. The zero-order valence-electron chi connectivity index (χ0n) is 14.9. The highest BCUT2D eigenvalue weighted by atomic mass is 32.1. The molecule has 8 heteroatoms. The number of piperidine rings is 1. The third-order valence-corrected chi connectivity index (χ3v) is 5.37. The van der Waals surface area contributed by atoms with Gasteiger partial charge in [-0.05, 0) is 25.7 Å². The van der Waals surface area contributed by atoms with E-state index in [-0.39, 0.29) is 23.2 Å². The smallest absolute Gasteiger partial charge is 0.274 e. The van der Waals surface area contributed by atoms with Crippen LogP contribution in [-0.4, -0.2) is 51.3 Å². The van der Waals surface area contributed by atoms with Crippen molar-refractivity contribution in [3.63, 3.8) is 0 Å². The molecule has 2 aromatic rings. The Labute approximate surface area is 156 Å². The summed E-state index contributed by atoms with van der Waals surface area (Å²) in [5.41, 5.74) is 1.19. The van der Waals surface area contributed by atoms with Gasteiger partial charge in [-0.25, -0.2) is 15.0 Å². The summed E-state index contributed by atoms with van der Waals surface area (Å²) in [5.74, 6) is -0.584. The second kappa shape index (κ2) is 8.84. The van der Waals surface area contributed by atoms with Gasteiger partial charge in [-0.2, -0.15) is 0 Å². The van der Waals surface area contributed by atoms with Gasteiger partial charge in [0.2, 0.25) is 0 Å². The predicted molar refractivity (Wildman–Crippen MR) is 99.3 cm³/mol. The number of amides is 2. The maximum atomic E-state index is 12.7. The topological polar surface area (TPSA) is 88.1 Å². The quantitative estimate of drug-likeness (QED) is 0.838. The van der Waals surface area contributed by atoms with Crippen molar-refractivity contribution in [3.8, 4) is 0 Å². The van der Waals surface area contributed by atoms with E-state index in [0.29, 0.717) is 26.1 Å². The summed E-state index contributed by atoms with van der Waals surface area (Å²) < 4.78 is 0. The highest BCUT2D eigenvalue weighted by Crippen LogP contribution is 2.14. The van der Waals surface area contributed by atoms with Crippen LogP contribution in [0.5, 0.6) is 0 Å². The van der Waals surface area contributed by atoms with Gasteiger partial charge < -0.3 is 10.2 Å². The van der Waals surface area contributed by atoms with Crippen molar-refractivity contribution < 1.29 is 9.59 Å². The van der Waals surface area contributed by atoms with Gasteiger partial charge >= 0.3 is 0 Å². The van der Waals surface area contributed by atoms with E-state index in [0.717, 1.165) is 36.4 Å². The first-order chi connectivity index (χ1) is 12.7. The number of aromatic nitrogens is 3. The Morgan fingerprint density at radius 2 is 1.88 bits per heavy atom. The van der Waals surface area contributed by atoms with Crippen LogP contribution in [0.3, 0.4) is 0 Å². The first-order valence-electron chi connectivity index (χ1n) is 9.00. The van der Waals surface area contributed by atoms with Crippen LogP contribution in [0.25, 0.3) is 0 Å². The van der Waals surface area contributed by atoms with Crippen molar-refractivity contribution in [2.45, 2.75) is 39.0 Å². The van der Waals surface area contributed by atoms with E-state index in [1.165, 1.54) is 12.4 Å². The molecule has 0 aliphatic carbocycles. The molecule has 7 nitrogen and oxygen atoms in total. The average molecular weight is 373 g/mol. The molecule has 1 fully saturated rings. The molecule has 0 aromatic carbocycles. The van der Waals surface area contributed by atoms with Gasteiger partial charge in [0.1, 0.15) is 0 Å². The van der Waals surface area contributed by atoms with Crippen molar-refractivity contribution in [3.05, 3.63) is 39.9 Å². The molecule has 26 heavy (non-hydrogen) atoms. The minimum absolute atomic E-state index is 0.0931. The van der Waals surface area contributed by atoms with E-state index in [4.69, 9.17) is 0 Å². The highest BCUT2D eigenvalue weighted by molar-refractivity contribution is 7.09. The number of hydrogen-bond donors (Lipinski definition) is 1. The number of hydrogen-bond acceptors (Lipinski definition) is 6. The summed E-state index contributed by atoms with van der Waals surface area (Å²) in [7, 11) is 0. The van der Waals surface area contributed by atoms with Crippen molar-refractivity contribution in [1.29, 1.82) is 0 Å². The molecule has 2 amide bonds. The molecule has 1 aliphatic rings. The number of thiazole rings is 1. The maximum Gasteiger partial charge on any atom is 0.274 e. The first-order valence-corrected chi connectivity index (χ1v) is 9.88. The fraction of sp³-hybridized carbons (Fsp3) is 0.500. The fourth-order valence-electron chi connectivity index (χ4n) is 2.92. The van der Waals surface area contributed by atoms with Gasteiger partial charge in [-0.1, -0.05) is 6.92 Å². The molecule has 0 bridgehead atoms. The van der Waals surface area contributed by atoms with Crippen LogP contribution < -0.4 is 5.32 Å². The summed E-state index contributed by atoms with van der Waals surface area (Å²) in [6.07, 6.45) is 7.57. The van der Waals surface area contributed by atoms with Crippen LogP contribution >= 0.6 is 11.3 Å². The Morgan fingerprint density at radius 1 is 1.15 bits per heavy atom. The summed E-state index contributed by atoms with van der Waals surface area (Å²) in [6, 6.07) is 0. The molecule has 0 atom stereocenters. The highest BCUT2D eigenvalue weighted by Gasteiger charge is 2.25. The third kappa shape index (κ3) is 4.43. The Morgan fingerprint density at radius 3 is 2.58 bits per heavy atom. The lowest BCUT2D eigenvalue weighted by molar-refractivity contribution is 0.0711. The van der Waals surface area contributed by atoms with E-state index in [2.05, 4.69) is 27.2 Å². The Balaban J connectivity index is 1.62. The van der Waals surface area contributed by atoms with Crippen LogP contribution in [0, 0.1) is 0 Å². The summed E-state index contributed by atoms with van der Waals surface area (Å²) in [6.45, 7) is 3.93. The molecule has 0 unspecified atom stereocenters. The minimum Gasteiger partial charge on any atom is -0.350 e. The van der Waals surface area contributed by atoms with Gasteiger partial charge in [-0.15, -0.1) is 11.3 Å². The second-order valence-corrected chi connectivity index (χ2v) is 7.14. The largest absolute Gasteiger partial charge is 0.350 e. The molecular formula is C18H23N5O2S. The number of carbonyl (C=O) groups is 2. The molecule has 0 spiro atoms. The van der Waals surface area contributed by atoms with Crippen molar-refractivity contribution in [2.24, 2.45) is 0 Å². The van der Waals surface area contributed by atoms with Crippen LogP contribution in [0.2, 0.25) is 0 Å².